The van der Waals surface area contributed by atoms with Crippen molar-refractivity contribution >= 4 is 11.6 Å². The molecule has 3 rings (SSSR count). The van der Waals surface area contributed by atoms with Crippen molar-refractivity contribution in [2.24, 2.45) is 16.7 Å². The van der Waals surface area contributed by atoms with Gasteiger partial charge in [0.05, 0.1) is 0 Å². The molecule has 110 valence electrons. The maximum atomic E-state index is 6.02. The van der Waals surface area contributed by atoms with E-state index in [9.17, 15) is 0 Å². The van der Waals surface area contributed by atoms with Crippen molar-refractivity contribution < 1.29 is 0 Å². The Hall–Kier alpha value is -1.32. The smallest absolute Gasteiger partial charge is 0.136 e. The molecular weight excluding hydrogens is 248 g/mol. The molecule has 0 spiro atoms. The molecule has 2 aliphatic rings. The maximum absolute atomic E-state index is 6.02. The SMILES string of the molecule is Cc1c(N)nc(C2CC2)nc1NCC1C(C)(C)C1(C)C. The molecule has 2 aliphatic carbocycles. The van der Waals surface area contributed by atoms with Gasteiger partial charge in [0, 0.05) is 18.0 Å². The van der Waals surface area contributed by atoms with Gasteiger partial charge < -0.3 is 11.1 Å². The molecule has 1 aromatic rings. The van der Waals surface area contributed by atoms with Gasteiger partial charge in [-0.05, 0) is 36.5 Å². The lowest BCUT2D eigenvalue weighted by atomic mass is 10.0. The molecule has 0 amide bonds. The number of nitrogens with zero attached hydrogens (tertiary/aromatic N) is 2. The first kappa shape index (κ1) is 13.7. The van der Waals surface area contributed by atoms with Crippen LogP contribution in [-0.4, -0.2) is 16.5 Å². The third kappa shape index (κ3) is 1.97. The van der Waals surface area contributed by atoms with Gasteiger partial charge in [-0.2, -0.15) is 0 Å². The zero-order chi connectivity index (χ0) is 14.7. The fraction of sp³-hybridized carbons (Fsp3) is 0.750. The van der Waals surface area contributed by atoms with E-state index in [-0.39, 0.29) is 0 Å². The molecule has 3 N–H and O–H groups in total. The van der Waals surface area contributed by atoms with Gasteiger partial charge in [-0.1, -0.05) is 27.7 Å². The standard InChI is InChI=1S/C16H26N4/c1-9-12(17)19-14(10-6-7-10)20-13(9)18-8-11-15(2,3)16(11,4)5/h10-11H,6-8H2,1-5H3,(H3,17,18,19,20). The van der Waals surface area contributed by atoms with Gasteiger partial charge in [-0.25, -0.2) is 9.97 Å². The summed E-state index contributed by atoms with van der Waals surface area (Å²) in [7, 11) is 0. The summed E-state index contributed by atoms with van der Waals surface area (Å²) in [6.45, 7) is 12.3. The lowest BCUT2D eigenvalue weighted by Gasteiger charge is -2.12. The van der Waals surface area contributed by atoms with Crippen LogP contribution >= 0.6 is 0 Å². The predicted molar refractivity (Wildman–Crippen MR) is 82.7 cm³/mol. The minimum atomic E-state index is 0.395. The number of anilines is 2. The summed E-state index contributed by atoms with van der Waals surface area (Å²) in [5.74, 6) is 3.68. The summed E-state index contributed by atoms with van der Waals surface area (Å²) in [5.41, 5.74) is 7.79. The van der Waals surface area contributed by atoms with E-state index in [0.717, 1.165) is 23.8 Å². The lowest BCUT2D eigenvalue weighted by molar-refractivity contribution is 0.457. The molecule has 0 aromatic carbocycles. The van der Waals surface area contributed by atoms with Crippen molar-refractivity contribution in [3.63, 3.8) is 0 Å². The Morgan fingerprint density at radius 2 is 1.75 bits per heavy atom. The van der Waals surface area contributed by atoms with Gasteiger partial charge in [0.15, 0.2) is 0 Å². The van der Waals surface area contributed by atoms with Crippen molar-refractivity contribution in [3.8, 4) is 0 Å². The molecule has 2 fully saturated rings. The van der Waals surface area contributed by atoms with E-state index >= 15 is 0 Å². The third-order valence-electron chi connectivity index (χ3n) is 5.94. The molecule has 0 radical (unpaired) electrons. The Morgan fingerprint density at radius 3 is 2.25 bits per heavy atom. The third-order valence-corrected chi connectivity index (χ3v) is 5.94. The second-order valence-electron chi connectivity index (χ2n) is 7.59. The topological polar surface area (TPSA) is 63.8 Å². The molecule has 0 saturated heterocycles. The average molecular weight is 274 g/mol. The molecule has 20 heavy (non-hydrogen) atoms. The summed E-state index contributed by atoms with van der Waals surface area (Å²) >= 11 is 0. The Balaban J connectivity index is 1.75. The summed E-state index contributed by atoms with van der Waals surface area (Å²) in [6.07, 6.45) is 2.40. The highest BCUT2D eigenvalue weighted by atomic mass is 15.1. The van der Waals surface area contributed by atoms with Gasteiger partial charge in [0.25, 0.3) is 0 Å². The number of rotatable bonds is 4. The Labute approximate surface area is 121 Å². The minimum absolute atomic E-state index is 0.395. The number of nitrogen functional groups attached to an aromatic ring is 1. The largest absolute Gasteiger partial charge is 0.383 e. The number of aromatic nitrogens is 2. The first-order valence-corrected chi connectivity index (χ1v) is 7.63. The zero-order valence-electron chi connectivity index (χ0n) is 13.2. The van der Waals surface area contributed by atoms with Crippen LogP contribution in [0.5, 0.6) is 0 Å². The summed E-state index contributed by atoms with van der Waals surface area (Å²) in [6, 6.07) is 0. The van der Waals surface area contributed by atoms with Gasteiger partial charge >= 0.3 is 0 Å². The van der Waals surface area contributed by atoms with Crippen LogP contribution in [0.15, 0.2) is 0 Å². The number of nitrogens with one attached hydrogen (secondary N) is 1. The van der Waals surface area contributed by atoms with E-state index in [1.54, 1.807) is 0 Å². The first-order chi connectivity index (χ1) is 9.25. The first-order valence-electron chi connectivity index (χ1n) is 7.63. The molecule has 1 aromatic heterocycles. The van der Waals surface area contributed by atoms with E-state index in [1.807, 2.05) is 6.92 Å². The number of nitrogens with two attached hydrogens (primary N) is 1. The lowest BCUT2D eigenvalue weighted by Crippen LogP contribution is -2.13. The number of hydrogen-bond acceptors (Lipinski definition) is 4. The van der Waals surface area contributed by atoms with Crippen LogP contribution in [0.25, 0.3) is 0 Å². The molecule has 2 saturated carbocycles. The van der Waals surface area contributed by atoms with Crippen LogP contribution in [0.3, 0.4) is 0 Å². The maximum Gasteiger partial charge on any atom is 0.136 e. The molecule has 4 heteroatoms. The predicted octanol–water partition coefficient (Wildman–Crippen LogP) is 3.34. The highest BCUT2D eigenvalue weighted by Crippen LogP contribution is 2.68. The van der Waals surface area contributed by atoms with Crippen molar-refractivity contribution in [3.05, 3.63) is 11.4 Å². The van der Waals surface area contributed by atoms with Crippen LogP contribution in [0, 0.1) is 23.7 Å². The van der Waals surface area contributed by atoms with Crippen LogP contribution in [0.2, 0.25) is 0 Å². The summed E-state index contributed by atoms with van der Waals surface area (Å²) < 4.78 is 0. The van der Waals surface area contributed by atoms with Crippen molar-refractivity contribution in [1.29, 1.82) is 0 Å². The van der Waals surface area contributed by atoms with E-state index in [4.69, 9.17) is 5.73 Å². The van der Waals surface area contributed by atoms with Crippen molar-refractivity contribution in [2.45, 2.75) is 53.4 Å². The molecule has 0 atom stereocenters. The van der Waals surface area contributed by atoms with Gasteiger partial charge in [0.1, 0.15) is 17.5 Å². The Bertz CT molecular complexity index is 530. The Kier molecular flexibility index (Phi) is 2.79. The second kappa shape index (κ2) is 4.09. The van der Waals surface area contributed by atoms with Crippen molar-refractivity contribution in [2.75, 3.05) is 17.6 Å². The molecule has 0 bridgehead atoms. The van der Waals surface area contributed by atoms with Crippen molar-refractivity contribution in [1.82, 2.24) is 9.97 Å². The second-order valence-corrected chi connectivity index (χ2v) is 7.59. The zero-order valence-corrected chi connectivity index (χ0v) is 13.2. The van der Waals surface area contributed by atoms with Crippen LogP contribution in [-0.2, 0) is 0 Å². The summed E-state index contributed by atoms with van der Waals surface area (Å²) in [5, 5.41) is 3.52. The monoisotopic (exact) mass is 274 g/mol. The normalized spacial score (nSPS) is 23.6. The highest BCUT2D eigenvalue weighted by molar-refractivity contribution is 5.55. The van der Waals surface area contributed by atoms with Gasteiger partial charge in [-0.3, -0.25) is 0 Å². The molecule has 0 unspecified atom stereocenters. The summed E-state index contributed by atoms with van der Waals surface area (Å²) in [4.78, 5) is 9.11. The van der Waals surface area contributed by atoms with E-state index in [2.05, 4.69) is 43.0 Å². The molecule has 1 heterocycles. The van der Waals surface area contributed by atoms with E-state index in [1.165, 1.54) is 12.8 Å². The van der Waals surface area contributed by atoms with Crippen LogP contribution in [0.4, 0.5) is 11.6 Å². The highest BCUT2D eigenvalue weighted by Gasteiger charge is 2.64. The fourth-order valence-electron chi connectivity index (χ4n) is 3.29. The van der Waals surface area contributed by atoms with Crippen LogP contribution < -0.4 is 11.1 Å². The van der Waals surface area contributed by atoms with E-state index in [0.29, 0.717) is 28.5 Å². The minimum Gasteiger partial charge on any atom is -0.383 e. The molecule has 0 aliphatic heterocycles. The molecular formula is C16H26N4. The van der Waals surface area contributed by atoms with Crippen LogP contribution in [0.1, 0.15) is 57.8 Å². The van der Waals surface area contributed by atoms with E-state index < -0.39 is 0 Å². The van der Waals surface area contributed by atoms with Gasteiger partial charge in [0.2, 0.25) is 0 Å². The molecule has 4 nitrogen and oxygen atoms in total. The Morgan fingerprint density at radius 1 is 1.15 bits per heavy atom. The quantitative estimate of drug-likeness (QED) is 0.884. The average Bonchev–Trinajstić information content (AvgIpc) is 3.23. The number of hydrogen-bond donors (Lipinski definition) is 2. The fourth-order valence-corrected chi connectivity index (χ4v) is 3.29. The van der Waals surface area contributed by atoms with Gasteiger partial charge in [-0.15, -0.1) is 0 Å².